The molecule has 83 heavy (non-hydrogen) atoms. The number of unbranched alkanes of at least 4 members (excludes halogenated alkanes) is 56. The highest BCUT2D eigenvalue weighted by Gasteiger charge is 2.20. The second-order valence-corrected chi connectivity index (χ2v) is 25.9. The number of carbonyl (C=O) groups is 3. The fourth-order valence-corrected chi connectivity index (χ4v) is 11.8. The molecule has 0 saturated heterocycles. The fourth-order valence-electron chi connectivity index (χ4n) is 11.8. The molecule has 0 spiro atoms. The first-order valence-corrected chi connectivity index (χ1v) is 37.8. The normalized spacial score (nSPS) is 12.1. The number of allylic oxidation sites excluding steroid dienone is 4. The van der Waals surface area contributed by atoms with E-state index in [1.807, 2.05) is 0 Å². The number of ether oxygens (including phenoxy) is 3. The average molecular weight is 1170 g/mol. The molecule has 0 radical (unpaired) electrons. The van der Waals surface area contributed by atoms with Gasteiger partial charge in [-0.3, -0.25) is 14.4 Å². The van der Waals surface area contributed by atoms with E-state index in [0.717, 1.165) is 64.2 Å². The molecule has 6 heteroatoms. The molecule has 1 atom stereocenters. The van der Waals surface area contributed by atoms with Gasteiger partial charge in [-0.15, -0.1) is 0 Å². The Morgan fingerprint density at radius 2 is 0.434 bits per heavy atom. The van der Waals surface area contributed by atoms with Crippen LogP contribution in [0, 0.1) is 0 Å². The van der Waals surface area contributed by atoms with Crippen LogP contribution in [0.4, 0.5) is 0 Å². The van der Waals surface area contributed by atoms with Crippen LogP contribution >= 0.6 is 0 Å². The summed E-state index contributed by atoms with van der Waals surface area (Å²) in [5.41, 5.74) is 0. The lowest BCUT2D eigenvalue weighted by Gasteiger charge is -2.18. The van der Waals surface area contributed by atoms with Crippen molar-refractivity contribution in [3.63, 3.8) is 0 Å². The lowest BCUT2D eigenvalue weighted by atomic mass is 10.0. The number of rotatable bonds is 71. The topological polar surface area (TPSA) is 78.9 Å². The van der Waals surface area contributed by atoms with Crippen molar-refractivity contribution >= 4 is 17.9 Å². The molecule has 1 unspecified atom stereocenters. The van der Waals surface area contributed by atoms with Crippen LogP contribution in [0.25, 0.3) is 0 Å². The fraction of sp³-hybridized carbons (Fsp3) is 0.909. The molecule has 0 heterocycles. The first-order valence-electron chi connectivity index (χ1n) is 37.8. The molecule has 0 bridgehead atoms. The van der Waals surface area contributed by atoms with Gasteiger partial charge in [0.05, 0.1) is 0 Å². The van der Waals surface area contributed by atoms with E-state index in [2.05, 4.69) is 45.1 Å². The van der Waals surface area contributed by atoms with Crippen LogP contribution in [0.15, 0.2) is 24.3 Å². The van der Waals surface area contributed by atoms with E-state index in [-0.39, 0.29) is 31.1 Å². The van der Waals surface area contributed by atoms with Gasteiger partial charge in [0, 0.05) is 19.3 Å². The van der Waals surface area contributed by atoms with Crippen molar-refractivity contribution in [3.8, 4) is 0 Å². The van der Waals surface area contributed by atoms with E-state index in [1.165, 1.54) is 327 Å². The molecule has 0 aromatic heterocycles. The molecule has 0 aromatic carbocycles. The molecule has 6 nitrogen and oxygen atoms in total. The van der Waals surface area contributed by atoms with E-state index in [9.17, 15) is 14.4 Å². The average Bonchev–Trinajstić information content (AvgIpc) is 3.48. The van der Waals surface area contributed by atoms with Crippen LogP contribution in [0.2, 0.25) is 0 Å². The largest absolute Gasteiger partial charge is 0.462 e. The predicted octanol–water partition coefficient (Wildman–Crippen LogP) is 26.1. The second-order valence-electron chi connectivity index (χ2n) is 25.9. The minimum atomic E-state index is -0.765. The molecule has 0 N–H and O–H groups in total. The van der Waals surface area contributed by atoms with Crippen LogP contribution in [-0.2, 0) is 28.6 Å². The summed E-state index contributed by atoms with van der Waals surface area (Å²) in [5.74, 6) is -0.843. The second kappa shape index (κ2) is 72.4. The summed E-state index contributed by atoms with van der Waals surface area (Å²) in [6.07, 6.45) is 90.0. The molecule has 0 aliphatic rings. The summed E-state index contributed by atoms with van der Waals surface area (Å²) in [5, 5.41) is 0. The molecule has 0 aliphatic heterocycles. The summed E-state index contributed by atoms with van der Waals surface area (Å²) in [6, 6.07) is 0. The smallest absolute Gasteiger partial charge is 0.306 e. The van der Waals surface area contributed by atoms with Gasteiger partial charge in [-0.2, -0.15) is 0 Å². The highest BCUT2D eigenvalue weighted by Crippen LogP contribution is 2.20. The first-order chi connectivity index (χ1) is 41.0. The number of carbonyl (C=O) groups excluding carboxylic acids is 3. The first kappa shape index (κ1) is 80.9. The highest BCUT2D eigenvalue weighted by atomic mass is 16.6. The Labute approximate surface area is 519 Å². The molecule has 0 amide bonds. The monoisotopic (exact) mass is 1170 g/mol. The summed E-state index contributed by atoms with van der Waals surface area (Å²) >= 11 is 0. The SMILES string of the molecule is CCCCCCC/C=C\C/C=C\CCCCCCCCCCCCCCCCCCCC(=O)OC(COC(=O)CCCCCCCC)COC(=O)CCCCCCCCCCCCCCCCCCCCCCCCCCCCCCCC. The third-order valence-corrected chi connectivity index (χ3v) is 17.5. The quantitative estimate of drug-likeness (QED) is 0.0261. The highest BCUT2D eigenvalue weighted by molar-refractivity contribution is 5.71. The molecule has 0 saturated carbocycles. The van der Waals surface area contributed by atoms with Gasteiger partial charge in [0.25, 0.3) is 0 Å². The minimum absolute atomic E-state index is 0.0645. The maximum absolute atomic E-state index is 12.9. The maximum Gasteiger partial charge on any atom is 0.306 e. The summed E-state index contributed by atoms with van der Waals surface area (Å²) in [6.45, 7) is 6.65. The van der Waals surface area contributed by atoms with E-state index in [1.54, 1.807) is 0 Å². The molecular weight excluding hydrogens is 1020 g/mol. The van der Waals surface area contributed by atoms with Gasteiger partial charge >= 0.3 is 17.9 Å². The third-order valence-electron chi connectivity index (χ3n) is 17.5. The van der Waals surface area contributed by atoms with Crippen molar-refractivity contribution in [1.29, 1.82) is 0 Å². The van der Waals surface area contributed by atoms with Crippen molar-refractivity contribution in [2.75, 3.05) is 13.2 Å². The van der Waals surface area contributed by atoms with Crippen molar-refractivity contribution < 1.29 is 28.6 Å². The zero-order valence-electron chi connectivity index (χ0n) is 56.5. The zero-order chi connectivity index (χ0) is 59.9. The van der Waals surface area contributed by atoms with Crippen LogP contribution in [0.3, 0.4) is 0 Å². The van der Waals surface area contributed by atoms with Gasteiger partial charge in [0.2, 0.25) is 0 Å². The Bertz CT molecular complexity index is 1340. The molecule has 490 valence electrons. The van der Waals surface area contributed by atoms with E-state index >= 15 is 0 Å². The van der Waals surface area contributed by atoms with Crippen LogP contribution < -0.4 is 0 Å². The van der Waals surface area contributed by atoms with Crippen molar-refractivity contribution in [2.24, 2.45) is 0 Å². The maximum atomic E-state index is 12.9. The Morgan fingerprint density at radius 3 is 0.663 bits per heavy atom. The van der Waals surface area contributed by atoms with E-state index < -0.39 is 6.10 Å². The van der Waals surface area contributed by atoms with Gasteiger partial charge in [0.15, 0.2) is 6.10 Å². The van der Waals surface area contributed by atoms with Crippen LogP contribution in [0.1, 0.15) is 432 Å². The van der Waals surface area contributed by atoms with Crippen molar-refractivity contribution in [1.82, 2.24) is 0 Å². The molecule has 0 fully saturated rings. The number of hydrogen-bond donors (Lipinski definition) is 0. The minimum Gasteiger partial charge on any atom is -0.462 e. The molecule has 0 aromatic rings. The van der Waals surface area contributed by atoms with Gasteiger partial charge in [0.1, 0.15) is 13.2 Å². The van der Waals surface area contributed by atoms with E-state index in [0.29, 0.717) is 19.3 Å². The van der Waals surface area contributed by atoms with Gasteiger partial charge in [-0.1, -0.05) is 385 Å². The van der Waals surface area contributed by atoms with E-state index in [4.69, 9.17) is 14.2 Å². The summed E-state index contributed by atoms with van der Waals surface area (Å²) < 4.78 is 16.9. The van der Waals surface area contributed by atoms with Crippen LogP contribution in [-0.4, -0.2) is 37.2 Å². The summed E-state index contributed by atoms with van der Waals surface area (Å²) in [7, 11) is 0. The molecule has 0 aliphatic carbocycles. The number of hydrogen-bond acceptors (Lipinski definition) is 6. The Kier molecular flexibility index (Phi) is 70.5. The van der Waals surface area contributed by atoms with Crippen molar-refractivity contribution in [2.45, 2.75) is 438 Å². The predicted molar refractivity (Wildman–Crippen MR) is 363 cm³/mol. The van der Waals surface area contributed by atoms with Gasteiger partial charge in [-0.05, 0) is 51.4 Å². The van der Waals surface area contributed by atoms with Crippen LogP contribution in [0.5, 0.6) is 0 Å². The van der Waals surface area contributed by atoms with Gasteiger partial charge < -0.3 is 14.2 Å². The Hall–Kier alpha value is -2.11. The molecule has 0 rings (SSSR count). The lowest BCUT2D eigenvalue weighted by Crippen LogP contribution is -2.30. The Morgan fingerprint density at radius 1 is 0.241 bits per heavy atom. The zero-order valence-corrected chi connectivity index (χ0v) is 56.5. The van der Waals surface area contributed by atoms with Gasteiger partial charge in [-0.25, -0.2) is 0 Å². The standard InChI is InChI=1S/C77H146O6/c1-4-7-10-13-16-18-20-22-24-26-28-30-32-34-36-38-40-41-43-45-47-49-51-53-55-57-59-61-64-67-70-76(79)82-73-74(72-81-75(78)69-66-63-15-12-9-6-3)83-77(80)71-68-65-62-60-58-56-54-52-50-48-46-44-42-39-37-35-33-31-29-27-25-23-21-19-17-14-11-8-5-2/h21,23,27,29,74H,4-20,22,24-26,28,30-73H2,1-3H3/b23-21-,29-27-. The summed E-state index contributed by atoms with van der Waals surface area (Å²) in [4.78, 5) is 38.2. The third kappa shape index (κ3) is 70.5. The Balaban J connectivity index is 3.92. The lowest BCUT2D eigenvalue weighted by molar-refractivity contribution is -0.167. The molecular formula is C77H146O6. The number of esters is 3. The van der Waals surface area contributed by atoms with Crippen molar-refractivity contribution in [3.05, 3.63) is 24.3 Å².